The Balaban J connectivity index is 1.56. The Hall–Kier alpha value is -1.53. The number of carbonyl (C=O) groups is 2. The number of halogens is 1. The van der Waals surface area contributed by atoms with Gasteiger partial charge < -0.3 is 19.0 Å². The van der Waals surface area contributed by atoms with Crippen LogP contribution in [0.2, 0.25) is 5.22 Å². The van der Waals surface area contributed by atoms with Gasteiger partial charge in [0.1, 0.15) is 6.10 Å². The van der Waals surface area contributed by atoms with Crippen molar-refractivity contribution in [3.8, 4) is 0 Å². The van der Waals surface area contributed by atoms with E-state index in [0.717, 1.165) is 12.8 Å². The zero-order chi connectivity index (χ0) is 14.8. The van der Waals surface area contributed by atoms with E-state index >= 15 is 0 Å². The van der Waals surface area contributed by atoms with Crippen molar-refractivity contribution in [3.05, 3.63) is 23.1 Å². The van der Waals surface area contributed by atoms with Crippen molar-refractivity contribution in [1.29, 1.82) is 0 Å². The van der Waals surface area contributed by atoms with Gasteiger partial charge in [0.2, 0.25) is 5.22 Å². The highest BCUT2D eigenvalue weighted by molar-refractivity contribution is 6.32. The number of hydrogen-bond donors (Lipinski definition) is 0. The molecule has 0 radical (unpaired) electrons. The molecule has 1 atom stereocenters. The smallest absolute Gasteiger partial charge is 0.258 e. The summed E-state index contributed by atoms with van der Waals surface area (Å²) in [4.78, 5) is 28.0. The van der Waals surface area contributed by atoms with Crippen molar-refractivity contribution in [3.63, 3.8) is 0 Å². The van der Waals surface area contributed by atoms with Crippen LogP contribution < -0.4 is 0 Å². The molecule has 2 fully saturated rings. The van der Waals surface area contributed by atoms with Crippen LogP contribution in [-0.4, -0.2) is 60.5 Å². The maximum absolute atomic E-state index is 12.3. The summed E-state index contributed by atoms with van der Waals surface area (Å²) in [5.74, 6) is -0.112. The van der Waals surface area contributed by atoms with Crippen LogP contribution in [0.15, 0.2) is 16.7 Å². The first kappa shape index (κ1) is 14.4. The number of hydrogen-bond acceptors (Lipinski definition) is 4. The summed E-state index contributed by atoms with van der Waals surface area (Å²) in [7, 11) is 0. The van der Waals surface area contributed by atoms with Gasteiger partial charge in [-0.3, -0.25) is 9.59 Å². The van der Waals surface area contributed by atoms with Crippen LogP contribution >= 0.6 is 11.6 Å². The van der Waals surface area contributed by atoms with Crippen LogP contribution in [0.4, 0.5) is 0 Å². The van der Waals surface area contributed by atoms with Crippen molar-refractivity contribution >= 4 is 23.4 Å². The maximum Gasteiger partial charge on any atom is 0.258 e. The Morgan fingerprint density at radius 1 is 1.19 bits per heavy atom. The number of rotatable bonds is 2. The molecule has 0 bridgehead atoms. The van der Waals surface area contributed by atoms with Crippen molar-refractivity contribution in [1.82, 2.24) is 9.80 Å². The minimum atomic E-state index is -0.296. The van der Waals surface area contributed by atoms with Crippen LogP contribution in [0.1, 0.15) is 23.2 Å². The van der Waals surface area contributed by atoms with Gasteiger partial charge in [-0.1, -0.05) is 0 Å². The van der Waals surface area contributed by atoms with Crippen molar-refractivity contribution in [2.75, 3.05) is 32.8 Å². The molecule has 1 aromatic heterocycles. The highest BCUT2D eigenvalue weighted by Crippen LogP contribution is 2.20. The lowest BCUT2D eigenvalue weighted by Crippen LogP contribution is -2.52. The van der Waals surface area contributed by atoms with E-state index in [0.29, 0.717) is 38.3 Å². The summed E-state index contributed by atoms with van der Waals surface area (Å²) in [5, 5.41) is 0.109. The monoisotopic (exact) mass is 312 g/mol. The molecule has 3 rings (SSSR count). The first-order valence-corrected chi connectivity index (χ1v) is 7.47. The molecule has 3 heterocycles. The van der Waals surface area contributed by atoms with E-state index < -0.39 is 0 Å². The molecule has 6 nitrogen and oxygen atoms in total. The summed E-state index contributed by atoms with van der Waals surface area (Å²) in [6.45, 7) is 2.71. The second-order valence-electron chi connectivity index (χ2n) is 5.23. The fourth-order valence-corrected chi connectivity index (χ4v) is 2.92. The molecule has 0 aliphatic carbocycles. The molecule has 114 valence electrons. The van der Waals surface area contributed by atoms with Crippen molar-refractivity contribution in [2.24, 2.45) is 0 Å². The lowest BCUT2D eigenvalue weighted by Gasteiger charge is -2.35. The average molecular weight is 313 g/mol. The van der Waals surface area contributed by atoms with Gasteiger partial charge in [-0.15, -0.1) is 0 Å². The van der Waals surface area contributed by atoms with Gasteiger partial charge in [-0.05, 0) is 30.5 Å². The molecule has 0 saturated carbocycles. The topological polar surface area (TPSA) is 63.0 Å². The molecule has 2 amide bonds. The van der Waals surface area contributed by atoms with E-state index in [1.54, 1.807) is 15.9 Å². The summed E-state index contributed by atoms with van der Waals surface area (Å²) in [6, 6.07) is 1.56. The van der Waals surface area contributed by atoms with E-state index in [4.69, 9.17) is 20.8 Å². The lowest BCUT2D eigenvalue weighted by molar-refractivity contribution is -0.142. The zero-order valence-corrected chi connectivity index (χ0v) is 12.3. The average Bonchev–Trinajstić information content (AvgIpc) is 3.17. The third-order valence-electron chi connectivity index (χ3n) is 3.93. The molecule has 1 aromatic rings. The Bertz CT molecular complexity index is 531. The largest absolute Gasteiger partial charge is 0.452 e. The quantitative estimate of drug-likeness (QED) is 0.828. The Labute approximate surface area is 127 Å². The Morgan fingerprint density at radius 3 is 2.48 bits per heavy atom. The third kappa shape index (κ3) is 2.91. The molecule has 0 N–H and O–H groups in total. The van der Waals surface area contributed by atoms with E-state index in [1.807, 2.05) is 0 Å². The molecular formula is C14H17ClN2O4. The van der Waals surface area contributed by atoms with Gasteiger partial charge in [0.05, 0.1) is 11.8 Å². The molecular weight excluding hydrogens is 296 g/mol. The molecule has 0 aromatic carbocycles. The summed E-state index contributed by atoms with van der Waals surface area (Å²) in [6.07, 6.45) is 2.83. The van der Waals surface area contributed by atoms with Crippen molar-refractivity contribution in [2.45, 2.75) is 18.9 Å². The van der Waals surface area contributed by atoms with E-state index in [1.165, 1.54) is 6.26 Å². The zero-order valence-electron chi connectivity index (χ0n) is 11.6. The van der Waals surface area contributed by atoms with E-state index in [2.05, 4.69) is 0 Å². The molecule has 0 spiro atoms. The van der Waals surface area contributed by atoms with Gasteiger partial charge in [0, 0.05) is 32.8 Å². The molecule has 2 aliphatic rings. The van der Waals surface area contributed by atoms with Gasteiger partial charge >= 0.3 is 0 Å². The molecule has 1 unspecified atom stereocenters. The number of amides is 2. The third-order valence-corrected chi connectivity index (χ3v) is 4.22. The number of ether oxygens (including phenoxy) is 1. The van der Waals surface area contributed by atoms with Crippen LogP contribution in [0, 0.1) is 0 Å². The van der Waals surface area contributed by atoms with Gasteiger partial charge in [-0.2, -0.15) is 0 Å². The minimum Gasteiger partial charge on any atom is -0.452 e. The van der Waals surface area contributed by atoms with Gasteiger partial charge in [0.15, 0.2) is 0 Å². The van der Waals surface area contributed by atoms with Crippen molar-refractivity contribution < 1.29 is 18.7 Å². The number of furan rings is 1. The fourth-order valence-electron chi connectivity index (χ4n) is 2.72. The lowest BCUT2D eigenvalue weighted by atomic mass is 10.2. The molecule has 2 aliphatic heterocycles. The highest BCUT2D eigenvalue weighted by atomic mass is 35.5. The van der Waals surface area contributed by atoms with E-state index in [9.17, 15) is 9.59 Å². The Kier molecular flexibility index (Phi) is 4.17. The standard InChI is InChI=1S/C14H17ClN2O4/c15-12-10(3-9-21-12)13(18)16-4-6-17(7-5-16)14(19)11-2-1-8-20-11/h3,9,11H,1-2,4-8H2. The van der Waals surface area contributed by atoms with Crippen LogP contribution in [0.25, 0.3) is 0 Å². The summed E-state index contributed by atoms with van der Waals surface area (Å²) < 4.78 is 10.4. The van der Waals surface area contributed by atoms with Gasteiger partial charge in [0.25, 0.3) is 11.8 Å². The minimum absolute atomic E-state index is 0.0425. The normalized spacial score (nSPS) is 22.6. The first-order chi connectivity index (χ1) is 10.2. The molecule has 2 saturated heterocycles. The Morgan fingerprint density at radius 2 is 1.90 bits per heavy atom. The SMILES string of the molecule is O=C(c1ccoc1Cl)N1CCN(C(=O)C2CCCO2)CC1. The van der Waals surface area contributed by atoms with Crippen LogP contribution in [-0.2, 0) is 9.53 Å². The number of nitrogens with zero attached hydrogens (tertiary/aromatic N) is 2. The van der Waals surface area contributed by atoms with E-state index in [-0.39, 0.29) is 23.1 Å². The number of carbonyl (C=O) groups excluding carboxylic acids is 2. The van der Waals surface area contributed by atoms with Crippen LogP contribution in [0.5, 0.6) is 0 Å². The molecule has 21 heavy (non-hydrogen) atoms. The van der Waals surface area contributed by atoms with Gasteiger partial charge in [-0.25, -0.2) is 0 Å². The summed E-state index contributed by atoms with van der Waals surface area (Å²) in [5.41, 5.74) is 0.371. The highest BCUT2D eigenvalue weighted by Gasteiger charge is 2.32. The second kappa shape index (κ2) is 6.07. The second-order valence-corrected chi connectivity index (χ2v) is 5.57. The first-order valence-electron chi connectivity index (χ1n) is 7.09. The fraction of sp³-hybridized carbons (Fsp3) is 0.571. The predicted octanol–water partition coefficient (Wildman–Crippen LogP) is 1.40. The van der Waals surface area contributed by atoms with Crippen LogP contribution in [0.3, 0.4) is 0 Å². The predicted molar refractivity (Wildman–Crippen MR) is 75.2 cm³/mol. The maximum atomic E-state index is 12.3. The summed E-state index contributed by atoms with van der Waals surface area (Å²) >= 11 is 5.82. The number of piperazine rings is 1. The molecule has 7 heteroatoms.